The lowest BCUT2D eigenvalue weighted by Crippen LogP contribution is -2.33. The Labute approximate surface area is 157 Å². The van der Waals surface area contributed by atoms with Crippen molar-refractivity contribution in [2.75, 3.05) is 13.7 Å². The molecule has 1 atom stereocenters. The van der Waals surface area contributed by atoms with Crippen molar-refractivity contribution < 1.29 is 18.7 Å². The normalized spacial score (nSPS) is 12.7. The number of hydrogen-bond donors (Lipinski definition) is 0. The third-order valence-electron chi connectivity index (χ3n) is 4.14. The van der Waals surface area contributed by atoms with Crippen LogP contribution in [0, 0.1) is 11.3 Å². The van der Waals surface area contributed by atoms with E-state index in [0.29, 0.717) is 24.8 Å². The van der Waals surface area contributed by atoms with Gasteiger partial charge in [-0.25, -0.2) is 9.78 Å². The first-order valence-electron chi connectivity index (χ1n) is 9.46. The van der Waals surface area contributed by atoms with Crippen molar-refractivity contribution in [1.82, 2.24) is 9.88 Å². The predicted octanol–water partition coefficient (Wildman–Crippen LogP) is 4.44. The number of methoxy groups -OCH3 is 1. The zero-order chi connectivity index (χ0) is 19.7. The molecule has 0 saturated carbocycles. The minimum atomic E-state index is -0.539. The van der Waals surface area contributed by atoms with Gasteiger partial charge in [-0.2, -0.15) is 0 Å². The lowest BCUT2D eigenvalue weighted by molar-refractivity contribution is -0.133. The van der Waals surface area contributed by atoms with Gasteiger partial charge in [0.2, 0.25) is 11.8 Å². The standard InChI is InChI=1S/C20H34N2O4/c1-7-8-9-10-22(18(23)11-15(2)12-20(3,4)5)13-17-21-16(14-26-17)19(24)25-6/h14-15H,7-13H2,1-6H3. The van der Waals surface area contributed by atoms with Crippen LogP contribution in [0.5, 0.6) is 0 Å². The molecule has 1 heterocycles. The summed E-state index contributed by atoms with van der Waals surface area (Å²) in [6.45, 7) is 11.8. The molecule has 1 aromatic rings. The monoisotopic (exact) mass is 366 g/mol. The highest BCUT2D eigenvalue weighted by Gasteiger charge is 2.23. The van der Waals surface area contributed by atoms with E-state index in [-0.39, 0.29) is 23.6 Å². The third kappa shape index (κ3) is 8.02. The smallest absolute Gasteiger partial charge is 0.360 e. The Morgan fingerprint density at radius 1 is 1.31 bits per heavy atom. The van der Waals surface area contributed by atoms with Crippen molar-refractivity contribution >= 4 is 11.9 Å². The second-order valence-corrected chi connectivity index (χ2v) is 8.21. The molecule has 0 aliphatic heterocycles. The van der Waals surface area contributed by atoms with Crippen LogP contribution in [0.15, 0.2) is 10.7 Å². The van der Waals surface area contributed by atoms with Gasteiger partial charge in [0, 0.05) is 13.0 Å². The molecule has 1 rings (SSSR count). The summed E-state index contributed by atoms with van der Waals surface area (Å²) in [6.07, 6.45) is 5.88. The first-order valence-corrected chi connectivity index (χ1v) is 9.46. The fourth-order valence-corrected chi connectivity index (χ4v) is 3.13. The van der Waals surface area contributed by atoms with Gasteiger partial charge in [0.05, 0.1) is 13.7 Å². The fraction of sp³-hybridized carbons (Fsp3) is 0.750. The molecule has 0 fully saturated rings. The predicted molar refractivity (Wildman–Crippen MR) is 101 cm³/mol. The van der Waals surface area contributed by atoms with E-state index < -0.39 is 5.97 Å². The summed E-state index contributed by atoms with van der Waals surface area (Å²) in [5, 5.41) is 0. The van der Waals surface area contributed by atoms with Crippen LogP contribution in [0.1, 0.15) is 83.1 Å². The highest BCUT2D eigenvalue weighted by atomic mass is 16.5. The number of carbonyl (C=O) groups is 2. The molecule has 0 saturated heterocycles. The van der Waals surface area contributed by atoms with Gasteiger partial charge in [0.15, 0.2) is 5.69 Å². The average Bonchev–Trinajstić information content (AvgIpc) is 3.00. The Kier molecular flexibility index (Phi) is 8.82. The van der Waals surface area contributed by atoms with Crippen molar-refractivity contribution in [3.63, 3.8) is 0 Å². The maximum atomic E-state index is 12.8. The van der Waals surface area contributed by atoms with E-state index in [1.165, 1.54) is 13.4 Å². The van der Waals surface area contributed by atoms with E-state index in [9.17, 15) is 9.59 Å². The van der Waals surface area contributed by atoms with Gasteiger partial charge in [-0.3, -0.25) is 4.79 Å². The number of esters is 1. The number of nitrogens with zero attached hydrogens (tertiary/aromatic N) is 2. The minimum absolute atomic E-state index is 0.107. The van der Waals surface area contributed by atoms with Crippen LogP contribution < -0.4 is 0 Å². The topological polar surface area (TPSA) is 72.6 Å². The van der Waals surface area contributed by atoms with Gasteiger partial charge in [-0.15, -0.1) is 0 Å². The molecule has 148 valence electrons. The van der Waals surface area contributed by atoms with E-state index in [0.717, 1.165) is 25.7 Å². The van der Waals surface area contributed by atoms with Crippen LogP contribution in [0.4, 0.5) is 0 Å². The third-order valence-corrected chi connectivity index (χ3v) is 4.14. The Hall–Kier alpha value is -1.85. The van der Waals surface area contributed by atoms with Crippen molar-refractivity contribution in [2.24, 2.45) is 11.3 Å². The molecule has 6 nitrogen and oxygen atoms in total. The molecule has 0 N–H and O–H groups in total. The number of rotatable bonds is 10. The van der Waals surface area contributed by atoms with Gasteiger partial charge in [-0.1, -0.05) is 47.5 Å². The number of aromatic nitrogens is 1. The lowest BCUT2D eigenvalue weighted by Gasteiger charge is -2.26. The number of unbranched alkanes of at least 4 members (excludes halogenated alkanes) is 2. The molecule has 1 amide bonds. The molecular formula is C20H34N2O4. The molecule has 0 spiro atoms. The molecule has 26 heavy (non-hydrogen) atoms. The maximum Gasteiger partial charge on any atom is 0.360 e. The zero-order valence-corrected chi connectivity index (χ0v) is 17.1. The molecule has 0 aliphatic rings. The first-order chi connectivity index (χ1) is 12.2. The second kappa shape index (κ2) is 10.3. The van der Waals surface area contributed by atoms with E-state index in [1.54, 1.807) is 4.90 Å². The molecule has 1 aromatic heterocycles. The number of oxazole rings is 1. The molecule has 0 bridgehead atoms. The van der Waals surface area contributed by atoms with E-state index >= 15 is 0 Å². The molecular weight excluding hydrogens is 332 g/mol. The van der Waals surface area contributed by atoms with Gasteiger partial charge >= 0.3 is 5.97 Å². The lowest BCUT2D eigenvalue weighted by atomic mass is 9.84. The Bertz CT molecular complexity index is 575. The SMILES string of the molecule is CCCCCN(Cc1nc(C(=O)OC)co1)C(=O)CC(C)CC(C)(C)C. The minimum Gasteiger partial charge on any atom is -0.464 e. The summed E-state index contributed by atoms with van der Waals surface area (Å²) >= 11 is 0. The summed E-state index contributed by atoms with van der Waals surface area (Å²) in [6, 6.07) is 0. The van der Waals surface area contributed by atoms with Crippen molar-refractivity contribution in [3.8, 4) is 0 Å². The number of ether oxygens (including phenoxy) is 1. The van der Waals surface area contributed by atoms with Gasteiger partial charge in [-0.05, 0) is 24.2 Å². The molecule has 0 radical (unpaired) electrons. The summed E-state index contributed by atoms with van der Waals surface area (Å²) in [5.74, 6) is 0.239. The summed E-state index contributed by atoms with van der Waals surface area (Å²) in [5.41, 5.74) is 0.328. The van der Waals surface area contributed by atoms with Crippen molar-refractivity contribution in [2.45, 2.75) is 73.3 Å². The maximum absolute atomic E-state index is 12.8. The summed E-state index contributed by atoms with van der Waals surface area (Å²) in [7, 11) is 1.30. The van der Waals surface area contributed by atoms with E-state index in [2.05, 4.69) is 44.3 Å². The van der Waals surface area contributed by atoms with Gasteiger partial charge in [0.1, 0.15) is 6.26 Å². The number of hydrogen-bond acceptors (Lipinski definition) is 5. The Balaban J connectivity index is 2.75. The van der Waals surface area contributed by atoms with Crippen LogP contribution in [-0.4, -0.2) is 35.4 Å². The second-order valence-electron chi connectivity index (χ2n) is 8.21. The van der Waals surface area contributed by atoms with Crippen LogP contribution in [0.3, 0.4) is 0 Å². The summed E-state index contributed by atoms with van der Waals surface area (Å²) in [4.78, 5) is 30.2. The highest BCUT2D eigenvalue weighted by Crippen LogP contribution is 2.26. The van der Waals surface area contributed by atoms with Gasteiger partial charge in [0.25, 0.3) is 0 Å². The van der Waals surface area contributed by atoms with E-state index in [4.69, 9.17) is 4.42 Å². The molecule has 0 aromatic carbocycles. The van der Waals surface area contributed by atoms with Crippen LogP contribution in [-0.2, 0) is 16.1 Å². The average molecular weight is 367 g/mol. The molecule has 1 unspecified atom stereocenters. The zero-order valence-electron chi connectivity index (χ0n) is 17.1. The Morgan fingerprint density at radius 3 is 2.58 bits per heavy atom. The van der Waals surface area contributed by atoms with Gasteiger partial charge < -0.3 is 14.1 Å². The molecule has 0 aliphatic carbocycles. The molecule has 6 heteroatoms. The number of carbonyl (C=O) groups excluding carboxylic acids is 2. The largest absolute Gasteiger partial charge is 0.464 e. The summed E-state index contributed by atoms with van der Waals surface area (Å²) < 4.78 is 9.99. The van der Waals surface area contributed by atoms with Crippen LogP contribution in [0.25, 0.3) is 0 Å². The first kappa shape index (κ1) is 22.2. The van der Waals surface area contributed by atoms with Crippen molar-refractivity contribution in [1.29, 1.82) is 0 Å². The number of amides is 1. The van der Waals surface area contributed by atoms with Crippen LogP contribution in [0.2, 0.25) is 0 Å². The fourth-order valence-electron chi connectivity index (χ4n) is 3.13. The Morgan fingerprint density at radius 2 is 2.00 bits per heavy atom. The van der Waals surface area contributed by atoms with E-state index in [1.807, 2.05) is 0 Å². The van der Waals surface area contributed by atoms with Crippen molar-refractivity contribution in [3.05, 3.63) is 17.8 Å². The van der Waals surface area contributed by atoms with Crippen LogP contribution >= 0.6 is 0 Å². The quantitative estimate of drug-likeness (QED) is 0.452. The highest BCUT2D eigenvalue weighted by molar-refractivity contribution is 5.86.